The van der Waals surface area contributed by atoms with Crippen molar-refractivity contribution in [1.82, 2.24) is 9.97 Å². The van der Waals surface area contributed by atoms with Crippen molar-refractivity contribution in [2.75, 3.05) is 5.32 Å². The maximum Gasteiger partial charge on any atom is 0.230 e. The third kappa shape index (κ3) is 3.06. The van der Waals surface area contributed by atoms with Gasteiger partial charge in [0.2, 0.25) is 11.2 Å². The molecule has 2 unspecified atom stereocenters. The predicted molar refractivity (Wildman–Crippen MR) is 66.0 cm³/mol. The minimum atomic E-state index is -0.164. The molecule has 1 aromatic rings. The summed E-state index contributed by atoms with van der Waals surface area (Å²) in [5.41, 5.74) is 5.85. The van der Waals surface area contributed by atoms with Gasteiger partial charge in [-0.3, -0.25) is 4.79 Å². The first-order valence-corrected chi connectivity index (χ1v) is 6.08. The van der Waals surface area contributed by atoms with Crippen LogP contribution in [0.5, 0.6) is 0 Å². The number of halogens is 2. The molecule has 92 valence electrons. The zero-order chi connectivity index (χ0) is 12.4. The number of nitrogens with two attached hydrogens (primary N) is 1. The molecule has 0 saturated heterocycles. The zero-order valence-electron chi connectivity index (χ0n) is 8.99. The van der Waals surface area contributed by atoms with E-state index in [2.05, 4.69) is 15.3 Å². The SMILES string of the molecule is NC1CCCC1C(=O)Nc1cc(Cl)nc(Cl)n1. The van der Waals surface area contributed by atoms with Crippen LogP contribution in [0.25, 0.3) is 0 Å². The molecular formula is C10H12Cl2N4O. The van der Waals surface area contributed by atoms with Crippen LogP contribution in [-0.2, 0) is 4.79 Å². The van der Waals surface area contributed by atoms with Crippen LogP contribution in [0.1, 0.15) is 19.3 Å². The van der Waals surface area contributed by atoms with E-state index in [-0.39, 0.29) is 28.3 Å². The highest BCUT2D eigenvalue weighted by Gasteiger charge is 2.30. The summed E-state index contributed by atoms with van der Waals surface area (Å²) in [4.78, 5) is 19.5. The molecule has 0 radical (unpaired) electrons. The van der Waals surface area contributed by atoms with E-state index in [1.165, 1.54) is 6.07 Å². The van der Waals surface area contributed by atoms with Crippen LogP contribution in [0.4, 0.5) is 5.82 Å². The fourth-order valence-electron chi connectivity index (χ4n) is 1.99. The molecule has 0 spiro atoms. The standard InChI is InChI=1S/C10H12Cl2N4O/c11-7-4-8(16-10(12)14-7)15-9(17)5-2-1-3-6(5)13/h4-6H,1-3,13H2,(H,14,15,16,17). The van der Waals surface area contributed by atoms with Crippen LogP contribution >= 0.6 is 23.2 Å². The molecule has 1 fully saturated rings. The van der Waals surface area contributed by atoms with Crippen molar-refractivity contribution in [3.63, 3.8) is 0 Å². The summed E-state index contributed by atoms with van der Waals surface area (Å²) in [6.07, 6.45) is 2.66. The number of rotatable bonds is 2. The van der Waals surface area contributed by atoms with E-state index in [0.29, 0.717) is 5.82 Å². The third-order valence-corrected chi connectivity index (χ3v) is 3.19. The molecule has 17 heavy (non-hydrogen) atoms. The molecule has 1 saturated carbocycles. The van der Waals surface area contributed by atoms with Gasteiger partial charge in [0.15, 0.2) is 0 Å². The fourth-order valence-corrected chi connectivity index (χ4v) is 2.40. The molecule has 7 heteroatoms. The normalized spacial score (nSPS) is 23.7. The highest BCUT2D eigenvalue weighted by Crippen LogP contribution is 2.25. The zero-order valence-corrected chi connectivity index (χ0v) is 10.5. The van der Waals surface area contributed by atoms with Gasteiger partial charge < -0.3 is 11.1 Å². The van der Waals surface area contributed by atoms with Crippen LogP contribution in [0, 0.1) is 5.92 Å². The molecule has 1 aliphatic carbocycles. The minimum Gasteiger partial charge on any atom is -0.327 e. The van der Waals surface area contributed by atoms with Crippen LogP contribution in [-0.4, -0.2) is 21.9 Å². The highest BCUT2D eigenvalue weighted by molar-refractivity contribution is 6.32. The highest BCUT2D eigenvalue weighted by atomic mass is 35.5. The second-order valence-electron chi connectivity index (χ2n) is 4.04. The Hall–Kier alpha value is -0.910. The molecule has 0 bridgehead atoms. The number of carbonyl (C=O) groups is 1. The van der Waals surface area contributed by atoms with Gasteiger partial charge in [0.05, 0.1) is 5.92 Å². The van der Waals surface area contributed by atoms with Crippen molar-refractivity contribution in [1.29, 1.82) is 0 Å². The molecule has 2 rings (SSSR count). The Kier molecular flexibility index (Phi) is 3.81. The van der Waals surface area contributed by atoms with E-state index < -0.39 is 0 Å². The molecule has 0 aliphatic heterocycles. The number of nitrogens with one attached hydrogen (secondary N) is 1. The molecule has 5 nitrogen and oxygen atoms in total. The Morgan fingerprint density at radius 1 is 1.41 bits per heavy atom. The van der Waals surface area contributed by atoms with Crippen molar-refractivity contribution < 1.29 is 4.79 Å². The smallest absolute Gasteiger partial charge is 0.230 e. The average Bonchev–Trinajstić information content (AvgIpc) is 2.62. The van der Waals surface area contributed by atoms with Gasteiger partial charge in [0.1, 0.15) is 11.0 Å². The average molecular weight is 275 g/mol. The van der Waals surface area contributed by atoms with Crippen molar-refractivity contribution >= 4 is 34.9 Å². The van der Waals surface area contributed by atoms with Gasteiger partial charge in [-0.2, -0.15) is 0 Å². The second-order valence-corrected chi connectivity index (χ2v) is 4.76. The maximum atomic E-state index is 11.9. The lowest BCUT2D eigenvalue weighted by molar-refractivity contribution is -0.120. The molecule has 1 aromatic heterocycles. The molecule has 2 atom stereocenters. The first-order valence-electron chi connectivity index (χ1n) is 5.33. The van der Waals surface area contributed by atoms with Crippen molar-refractivity contribution in [3.05, 3.63) is 16.5 Å². The molecule has 3 N–H and O–H groups in total. The van der Waals surface area contributed by atoms with Crippen LogP contribution in [0.3, 0.4) is 0 Å². The summed E-state index contributed by atoms with van der Waals surface area (Å²) < 4.78 is 0. The number of carbonyl (C=O) groups excluding carboxylic acids is 1. The van der Waals surface area contributed by atoms with Crippen LogP contribution in [0.15, 0.2) is 6.07 Å². The molecule has 1 amide bonds. The van der Waals surface area contributed by atoms with Gasteiger partial charge in [-0.05, 0) is 24.4 Å². The van der Waals surface area contributed by atoms with E-state index in [9.17, 15) is 4.79 Å². The quantitative estimate of drug-likeness (QED) is 0.637. The van der Waals surface area contributed by atoms with Gasteiger partial charge in [-0.1, -0.05) is 18.0 Å². The lowest BCUT2D eigenvalue weighted by Crippen LogP contribution is -2.34. The van der Waals surface area contributed by atoms with Gasteiger partial charge >= 0.3 is 0 Å². The van der Waals surface area contributed by atoms with Gasteiger partial charge in [-0.15, -0.1) is 0 Å². The molecule has 1 aliphatic rings. The minimum absolute atomic E-state index is 0.00326. The monoisotopic (exact) mass is 274 g/mol. The Morgan fingerprint density at radius 3 is 2.76 bits per heavy atom. The summed E-state index contributed by atoms with van der Waals surface area (Å²) in [5, 5.41) is 2.85. The fraction of sp³-hybridized carbons (Fsp3) is 0.500. The molecular weight excluding hydrogens is 263 g/mol. The van der Waals surface area contributed by atoms with Gasteiger partial charge in [0, 0.05) is 12.1 Å². The Morgan fingerprint density at radius 2 is 2.18 bits per heavy atom. The predicted octanol–water partition coefficient (Wildman–Crippen LogP) is 1.85. The summed E-state index contributed by atoms with van der Waals surface area (Å²) in [5.74, 6) is 0.00227. The number of nitrogens with zero attached hydrogens (tertiary/aromatic N) is 2. The van der Waals surface area contributed by atoms with Crippen LogP contribution in [0.2, 0.25) is 10.4 Å². The Labute approximate surface area is 109 Å². The number of hydrogen-bond donors (Lipinski definition) is 2. The summed E-state index contributed by atoms with van der Waals surface area (Å²) in [7, 11) is 0. The summed E-state index contributed by atoms with van der Waals surface area (Å²) in [6, 6.07) is 1.37. The van der Waals surface area contributed by atoms with E-state index in [1.54, 1.807) is 0 Å². The van der Waals surface area contributed by atoms with Crippen molar-refractivity contribution in [3.8, 4) is 0 Å². The number of hydrogen-bond acceptors (Lipinski definition) is 4. The van der Waals surface area contributed by atoms with E-state index in [0.717, 1.165) is 19.3 Å². The number of anilines is 1. The summed E-state index contributed by atoms with van der Waals surface area (Å²) in [6.45, 7) is 0. The molecule has 1 heterocycles. The lowest BCUT2D eigenvalue weighted by Gasteiger charge is -2.14. The van der Waals surface area contributed by atoms with Crippen molar-refractivity contribution in [2.45, 2.75) is 25.3 Å². The second kappa shape index (κ2) is 5.16. The van der Waals surface area contributed by atoms with Gasteiger partial charge in [0.25, 0.3) is 0 Å². The topological polar surface area (TPSA) is 80.9 Å². The number of amides is 1. The third-order valence-electron chi connectivity index (χ3n) is 2.83. The maximum absolute atomic E-state index is 11.9. The first kappa shape index (κ1) is 12.5. The Balaban J connectivity index is 2.07. The van der Waals surface area contributed by atoms with Crippen molar-refractivity contribution in [2.24, 2.45) is 11.7 Å². The Bertz CT molecular complexity index is 420. The van der Waals surface area contributed by atoms with E-state index in [4.69, 9.17) is 28.9 Å². The lowest BCUT2D eigenvalue weighted by atomic mass is 10.0. The summed E-state index contributed by atoms with van der Waals surface area (Å²) >= 11 is 11.3. The van der Waals surface area contributed by atoms with E-state index >= 15 is 0 Å². The van der Waals surface area contributed by atoms with Crippen LogP contribution < -0.4 is 11.1 Å². The van der Waals surface area contributed by atoms with E-state index in [1.807, 2.05) is 0 Å². The number of aromatic nitrogens is 2. The van der Waals surface area contributed by atoms with Gasteiger partial charge in [-0.25, -0.2) is 9.97 Å². The largest absolute Gasteiger partial charge is 0.327 e. The first-order chi connectivity index (χ1) is 8.06. The molecule has 0 aromatic carbocycles.